The van der Waals surface area contributed by atoms with Gasteiger partial charge in [0.05, 0.1) is 0 Å². The Hall–Kier alpha value is -0.0400. The van der Waals surface area contributed by atoms with Crippen molar-refractivity contribution in [1.29, 1.82) is 0 Å². The number of hydrogen-bond donors (Lipinski definition) is 1. The molecule has 1 unspecified atom stereocenters. The molecule has 0 radical (unpaired) electrons. The summed E-state index contributed by atoms with van der Waals surface area (Å²) in [6, 6.07) is 1.49. The number of nitrogens with one attached hydrogen (secondary N) is 1. The summed E-state index contributed by atoms with van der Waals surface area (Å²) in [6.45, 7) is 11.7. The molecular weight excluding hydrogens is 194 g/mol. The van der Waals surface area contributed by atoms with E-state index in [1.54, 1.807) is 0 Å². The van der Waals surface area contributed by atoms with Crippen LogP contribution in [0.1, 0.15) is 66.7 Å². The minimum Gasteiger partial charge on any atom is -0.311 e. The van der Waals surface area contributed by atoms with Crippen molar-refractivity contribution in [2.24, 2.45) is 17.8 Å². The van der Waals surface area contributed by atoms with E-state index in [0.29, 0.717) is 6.04 Å². The van der Waals surface area contributed by atoms with Crippen molar-refractivity contribution in [3.05, 3.63) is 0 Å². The standard InChI is InChI=1S/C15H31N/c1-11(2)10-13(5)16-15-8-6-14(7-9-15)12(3)4/h11-16H,6-10H2,1-5H3. The van der Waals surface area contributed by atoms with Gasteiger partial charge in [-0.1, -0.05) is 27.7 Å². The highest BCUT2D eigenvalue weighted by Crippen LogP contribution is 2.30. The van der Waals surface area contributed by atoms with E-state index in [0.717, 1.165) is 23.8 Å². The Balaban J connectivity index is 2.21. The molecule has 0 saturated heterocycles. The van der Waals surface area contributed by atoms with Gasteiger partial charge in [0.2, 0.25) is 0 Å². The van der Waals surface area contributed by atoms with E-state index in [1.807, 2.05) is 0 Å². The van der Waals surface area contributed by atoms with Crippen molar-refractivity contribution in [3.8, 4) is 0 Å². The van der Waals surface area contributed by atoms with Gasteiger partial charge in [0.15, 0.2) is 0 Å². The SMILES string of the molecule is CC(C)CC(C)NC1CCC(C(C)C)CC1. The lowest BCUT2D eigenvalue weighted by molar-refractivity contribution is 0.226. The molecule has 1 saturated carbocycles. The summed E-state index contributed by atoms with van der Waals surface area (Å²) in [5.74, 6) is 2.68. The molecule has 1 heteroatoms. The fraction of sp³-hybridized carbons (Fsp3) is 1.00. The molecular formula is C15H31N. The van der Waals surface area contributed by atoms with Gasteiger partial charge in [0.25, 0.3) is 0 Å². The van der Waals surface area contributed by atoms with Crippen molar-refractivity contribution in [1.82, 2.24) is 5.32 Å². The van der Waals surface area contributed by atoms with Crippen LogP contribution in [0.2, 0.25) is 0 Å². The molecule has 1 atom stereocenters. The van der Waals surface area contributed by atoms with E-state index in [9.17, 15) is 0 Å². The van der Waals surface area contributed by atoms with Crippen molar-refractivity contribution in [2.75, 3.05) is 0 Å². The minimum absolute atomic E-state index is 0.695. The maximum atomic E-state index is 3.81. The Morgan fingerprint density at radius 3 is 1.94 bits per heavy atom. The molecule has 0 heterocycles. The first-order valence-electron chi connectivity index (χ1n) is 7.25. The maximum absolute atomic E-state index is 3.81. The largest absolute Gasteiger partial charge is 0.311 e. The third-order valence-corrected chi connectivity index (χ3v) is 4.06. The number of rotatable bonds is 5. The predicted octanol–water partition coefficient (Wildman–Crippen LogP) is 4.23. The average molecular weight is 225 g/mol. The second-order valence-electron chi connectivity index (χ2n) is 6.55. The molecule has 1 N–H and O–H groups in total. The Kier molecular flexibility index (Phi) is 5.82. The van der Waals surface area contributed by atoms with Gasteiger partial charge in [-0.3, -0.25) is 0 Å². The first-order valence-corrected chi connectivity index (χ1v) is 7.25. The van der Waals surface area contributed by atoms with Crippen molar-refractivity contribution in [2.45, 2.75) is 78.8 Å². The van der Waals surface area contributed by atoms with Gasteiger partial charge in [-0.2, -0.15) is 0 Å². The molecule has 0 aromatic rings. The zero-order valence-corrected chi connectivity index (χ0v) is 11.9. The monoisotopic (exact) mass is 225 g/mol. The van der Waals surface area contributed by atoms with Gasteiger partial charge in [0.1, 0.15) is 0 Å². The zero-order chi connectivity index (χ0) is 12.1. The first kappa shape index (κ1) is 14.0. The topological polar surface area (TPSA) is 12.0 Å². The minimum atomic E-state index is 0.695. The highest BCUT2D eigenvalue weighted by Gasteiger charge is 2.23. The van der Waals surface area contributed by atoms with Crippen LogP contribution in [0, 0.1) is 17.8 Å². The molecule has 1 fully saturated rings. The molecule has 0 aliphatic heterocycles. The Morgan fingerprint density at radius 2 is 1.50 bits per heavy atom. The van der Waals surface area contributed by atoms with Crippen molar-refractivity contribution in [3.63, 3.8) is 0 Å². The molecule has 96 valence electrons. The molecule has 0 amide bonds. The van der Waals surface area contributed by atoms with Gasteiger partial charge >= 0.3 is 0 Å². The Morgan fingerprint density at radius 1 is 0.938 bits per heavy atom. The van der Waals surface area contributed by atoms with Crippen LogP contribution in [0.25, 0.3) is 0 Å². The average Bonchev–Trinajstić information content (AvgIpc) is 2.16. The molecule has 1 nitrogen and oxygen atoms in total. The van der Waals surface area contributed by atoms with Crippen LogP contribution in [0.3, 0.4) is 0 Å². The lowest BCUT2D eigenvalue weighted by Crippen LogP contribution is -2.40. The summed E-state index contributed by atoms with van der Waals surface area (Å²) in [7, 11) is 0. The van der Waals surface area contributed by atoms with Crippen LogP contribution in [0.4, 0.5) is 0 Å². The summed E-state index contributed by atoms with van der Waals surface area (Å²) in [5, 5.41) is 3.81. The lowest BCUT2D eigenvalue weighted by Gasteiger charge is -2.33. The van der Waals surface area contributed by atoms with Crippen LogP contribution >= 0.6 is 0 Å². The zero-order valence-electron chi connectivity index (χ0n) is 11.9. The van der Waals surface area contributed by atoms with Gasteiger partial charge in [-0.05, 0) is 56.8 Å². The van der Waals surface area contributed by atoms with E-state index in [-0.39, 0.29) is 0 Å². The van der Waals surface area contributed by atoms with Gasteiger partial charge < -0.3 is 5.32 Å². The van der Waals surface area contributed by atoms with E-state index in [2.05, 4.69) is 39.9 Å². The second-order valence-corrected chi connectivity index (χ2v) is 6.55. The van der Waals surface area contributed by atoms with Gasteiger partial charge in [0, 0.05) is 12.1 Å². The smallest absolute Gasteiger partial charge is 0.00697 e. The Bertz CT molecular complexity index is 178. The summed E-state index contributed by atoms with van der Waals surface area (Å²) < 4.78 is 0. The highest BCUT2D eigenvalue weighted by molar-refractivity contribution is 4.80. The molecule has 0 spiro atoms. The molecule has 0 aromatic heterocycles. The quantitative estimate of drug-likeness (QED) is 0.738. The van der Waals surface area contributed by atoms with E-state index >= 15 is 0 Å². The molecule has 1 rings (SSSR count). The van der Waals surface area contributed by atoms with Gasteiger partial charge in [-0.25, -0.2) is 0 Å². The van der Waals surface area contributed by atoms with E-state index in [4.69, 9.17) is 0 Å². The van der Waals surface area contributed by atoms with Crippen molar-refractivity contribution < 1.29 is 0 Å². The molecule has 0 bridgehead atoms. The Labute approximate surface area is 102 Å². The number of hydrogen-bond acceptors (Lipinski definition) is 1. The van der Waals surface area contributed by atoms with Crippen LogP contribution in [0.15, 0.2) is 0 Å². The van der Waals surface area contributed by atoms with Crippen molar-refractivity contribution >= 4 is 0 Å². The summed E-state index contributed by atoms with van der Waals surface area (Å²) in [6.07, 6.45) is 6.97. The fourth-order valence-electron chi connectivity index (χ4n) is 3.13. The fourth-order valence-corrected chi connectivity index (χ4v) is 3.13. The predicted molar refractivity (Wildman–Crippen MR) is 72.6 cm³/mol. The summed E-state index contributed by atoms with van der Waals surface area (Å²) in [5.41, 5.74) is 0. The normalized spacial score (nSPS) is 28.7. The summed E-state index contributed by atoms with van der Waals surface area (Å²) in [4.78, 5) is 0. The molecule has 16 heavy (non-hydrogen) atoms. The molecule has 0 aromatic carbocycles. The van der Waals surface area contributed by atoms with Gasteiger partial charge in [-0.15, -0.1) is 0 Å². The third-order valence-electron chi connectivity index (χ3n) is 4.06. The third kappa shape index (κ3) is 4.86. The van der Waals surface area contributed by atoms with Crippen LogP contribution < -0.4 is 5.32 Å². The van der Waals surface area contributed by atoms with Crippen LogP contribution in [-0.4, -0.2) is 12.1 Å². The highest BCUT2D eigenvalue weighted by atomic mass is 14.9. The maximum Gasteiger partial charge on any atom is 0.00697 e. The first-order chi connectivity index (χ1) is 7.49. The van der Waals surface area contributed by atoms with E-state index in [1.165, 1.54) is 32.1 Å². The molecule has 1 aliphatic rings. The second kappa shape index (κ2) is 6.64. The van der Waals surface area contributed by atoms with Crippen LogP contribution in [0.5, 0.6) is 0 Å². The molecule has 1 aliphatic carbocycles. The van der Waals surface area contributed by atoms with E-state index < -0.39 is 0 Å². The van der Waals surface area contributed by atoms with Crippen LogP contribution in [-0.2, 0) is 0 Å². The summed E-state index contributed by atoms with van der Waals surface area (Å²) >= 11 is 0. The lowest BCUT2D eigenvalue weighted by atomic mass is 9.79.